The Hall–Kier alpha value is -0.110. The van der Waals surface area contributed by atoms with Gasteiger partial charge in [0.15, 0.2) is 0 Å². The van der Waals surface area contributed by atoms with Gasteiger partial charge in [0.25, 0.3) is 0 Å². The number of rotatable bonds is 5. The van der Waals surface area contributed by atoms with E-state index in [9.17, 15) is 4.39 Å². The topological polar surface area (TPSA) is 9.23 Å². The molecule has 0 aliphatic carbocycles. The quantitative estimate of drug-likeness (QED) is 0.521. The van der Waals surface area contributed by atoms with Crippen LogP contribution < -0.4 is 0 Å². The molecule has 0 aliphatic heterocycles. The normalized spacial score (nSPS) is 13.7. The van der Waals surface area contributed by atoms with Crippen molar-refractivity contribution in [2.75, 3.05) is 13.2 Å². The molecule has 0 rings (SSSR count). The maximum atomic E-state index is 12.0. The summed E-state index contributed by atoms with van der Waals surface area (Å²) >= 11 is 0. The Balaban J connectivity index is 2.75. The van der Waals surface area contributed by atoms with Crippen LogP contribution in [-0.2, 0) is 4.74 Å². The lowest BCUT2D eigenvalue weighted by Gasteiger charge is -2.02. The molecule has 0 aromatic rings. The maximum absolute atomic E-state index is 12.0. The Morgan fingerprint density at radius 3 is 2.78 bits per heavy atom. The van der Waals surface area contributed by atoms with Gasteiger partial charge in [0.05, 0.1) is 6.61 Å². The Bertz CT molecular complexity index is 54.9. The van der Waals surface area contributed by atoms with E-state index < -0.39 is 6.17 Å². The molecule has 0 aromatic carbocycles. The number of unbranched alkanes of at least 4 members (excludes halogenated alkanes) is 1. The summed E-state index contributed by atoms with van der Waals surface area (Å²) in [5.74, 6) is 0. The number of hydrogen-bond acceptors (Lipinski definition) is 1. The van der Waals surface area contributed by atoms with E-state index in [2.05, 4.69) is 6.92 Å². The standard InChI is InChI=1S/C7H14FO/c1-3-4-5-9-6-7(2)8/h7H,1,3-6H2,2H3. The van der Waals surface area contributed by atoms with Crippen LogP contribution in [0.25, 0.3) is 0 Å². The molecule has 9 heavy (non-hydrogen) atoms. The van der Waals surface area contributed by atoms with E-state index in [1.807, 2.05) is 0 Å². The third-order valence-electron chi connectivity index (χ3n) is 0.886. The zero-order chi connectivity index (χ0) is 7.11. The summed E-state index contributed by atoms with van der Waals surface area (Å²) in [6, 6.07) is 0. The van der Waals surface area contributed by atoms with Gasteiger partial charge in [0.1, 0.15) is 6.17 Å². The lowest BCUT2D eigenvalue weighted by atomic mass is 10.4. The van der Waals surface area contributed by atoms with Crippen molar-refractivity contribution in [3.63, 3.8) is 0 Å². The van der Waals surface area contributed by atoms with E-state index in [4.69, 9.17) is 4.74 Å². The Morgan fingerprint density at radius 1 is 1.67 bits per heavy atom. The summed E-state index contributed by atoms with van der Waals surface area (Å²) in [5, 5.41) is 0. The van der Waals surface area contributed by atoms with Gasteiger partial charge >= 0.3 is 0 Å². The van der Waals surface area contributed by atoms with Crippen molar-refractivity contribution in [3.8, 4) is 0 Å². The molecular weight excluding hydrogens is 119 g/mol. The summed E-state index contributed by atoms with van der Waals surface area (Å²) in [7, 11) is 0. The Morgan fingerprint density at radius 2 is 2.33 bits per heavy atom. The summed E-state index contributed by atoms with van der Waals surface area (Å²) in [4.78, 5) is 0. The second-order valence-corrected chi connectivity index (χ2v) is 2.06. The van der Waals surface area contributed by atoms with Crippen LogP contribution in [-0.4, -0.2) is 19.4 Å². The van der Waals surface area contributed by atoms with Crippen molar-refractivity contribution < 1.29 is 9.13 Å². The lowest BCUT2D eigenvalue weighted by Crippen LogP contribution is -2.06. The summed E-state index contributed by atoms with van der Waals surface area (Å²) < 4.78 is 16.9. The highest BCUT2D eigenvalue weighted by Crippen LogP contribution is 1.91. The molecule has 1 radical (unpaired) electrons. The molecule has 0 heterocycles. The number of alkyl halides is 1. The van der Waals surface area contributed by atoms with Crippen molar-refractivity contribution in [1.29, 1.82) is 0 Å². The van der Waals surface area contributed by atoms with E-state index >= 15 is 0 Å². The maximum Gasteiger partial charge on any atom is 0.121 e. The van der Waals surface area contributed by atoms with Crippen LogP contribution in [0.1, 0.15) is 19.8 Å². The fraction of sp³-hybridized carbons (Fsp3) is 0.857. The van der Waals surface area contributed by atoms with E-state index in [0.29, 0.717) is 6.61 Å². The van der Waals surface area contributed by atoms with E-state index in [1.54, 1.807) is 0 Å². The fourth-order valence-electron chi connectivity index (χ4n) is 0.450. The molecule has 0 spiro atoms. The molecule has 0 bridgehead atoms. The lowest BCUT2D eigenvalue weighted by molar-refractivity contribution is 0.0862. The summed E-state index contributed by atoms with van der Waals surface area (Å²) in [6.07, 6.45) is 0.947. The highest BCUT2D eigenvalue weighted by molar-refractivity contribution is 4.43. The molecule has 0 saturated heterocycles. The van der Waals surface area contributed by atoms with Crippen molar-refractivity contribution >= 4 is 0 Å². The van der Waals surface area contributed by atoms with Gasteiger partial charge in [-0.05, 0) is 13.3 Å². The van der Waals surface area contributed by atoms with Gasteiger partial charge in [0.2, 0.25) is 0 Å². The molecular formula is C7H14FO. The first kappa shape index (κ1) is 8.89. The SMILES string of the molecule is [CH2]CCCOCC(C)F. The molecule has 2 heteroatoms. The number of halogens is 1. The first-order valence-electron chi connectivity index (χ1n) is 3.28. The molecule has 1 nitrogen and oxygen atoms in total. The molecule has 1 atom stereocenters. The average molecular weight is 133 g/mol. The zero-order valence-corrected chi connectivity index (χ0v) is 5.90. The minimum atomic E-state index is -0.838. The highest BCUT2D eigenvalue weighted by Gasteiger charge is 1.95. The molecule has 0 saturated carbocycles. The van der Waals surface area contributed by atoms with Crippen LogP contribution >= 0.6 is 0 Å². The first-order valence-corrected chi connectivity index (χ1v) is 3.28. The van der Waals surface area contributed by atoms with E-state index in [-0.39, 0.29) is 6.61 Å². The molecule has 0 amide bonds. The van der Waals surface area contributed by atoms with Crippen LogP contribution in [0, 0.1) is 6.92 Å². The summed E-state index contributed by atoms with van der Waals surface area (Å²) in [6.45, 7) is 5.98. The molecule has 0 aromatic heterocycles. The van der Waals surface area contributed by atoms with Crippen molar-refractivity contribution in [2.24, 2.45) is 0 Å². The predicted octanol–water partition coefficient (Wildman–Crippen LogP) is 1.98. The zero-order valence-electron chi connectivity index (χ0n) is 5.90. The largest absolute Gasteiger partial charge is 0.378 e. The third-order valence-corrected chi connectivity index (χ3v) is 0.886. The molecule has 55 valence electrons. The highest BCUT2D eigenvalue weighted by atomic mass is 19.1. The minimum absolute atomic E-state index is 0.222. The van der Waals surface area contributed by atoms with Crippen LogP contribution in [0.2, 0.25) is 0 Å². The van der Waals surface area contributed by atoms with Gasteiger partial charge in [-0.1, -0.05) is 13.3 Å². The van der Waals surface area contributed by atoms with Gasteiger partial charge in [-0.3, -0.25) is 0 Å². The van der Waals surface area contributed by atoms with Gasteiger partial charge in [0, 0.05) is 6.61 Å². The second kappa shape index (κ2) is 6.02. The Labute approximate surface area is 56.2 Å². The van der Waals surface area contributed by atoms with Crippen LogP contribution in [0.4, 0.5) is 4.39 Å². The van der Waals surface area contributed by atoms with Crippen molar-refractivity contribution in [3.05, 3.63) is 6.92 Å². The average Bonchev–Trinajstić information content (AvgIpc) is 1.80. The number of hydrogen-bond donors (Lipinski definition) is 0. The van der Waals surface area contributed by atoms with Gasteiger partial charge in [-0.15, -0.1) is 0 Å². The second-order valence-electron chi connectivity index (χ2n) is 2.06. The van der Waals surface area contributed by atoms with Gasteiger partial charge < -0.3 is 4.74 Å². The Kier molecular flexibility index (Phi) is 5.94. The van der Waals surface area contributed by atoms with Crippen LogP contribution in [0.15, 0.2) is 0 Å². The van der Waals surface area contributed by atoms with E-state index in [0.717, 1.165) is 12.8 Å². The number of ether oxygens (including phenoxy) is 1. The summed E-state index contributed by atoms with van der Waals surface area (Å²) in [5.41, 5.74) is 0. The predicted molar refractivity (Wildman–Crippen MR) is 36.0 cm³/mol. The van der Waals surface area contributed by atoms with Crippen LogP contribution in [0.3, 0.4) is 0 Å². The van der Waals surface area contributed by atoms with Gasteiger partial charge in [-0.2, -0.15) is 0 Å². The van der Waals surface area contributed by atoms with Crippen LogP contribution in [0.5, 0.6) is 0 Å². The molecule has 0 N–H and O–H groups in total. The molecule has 0 aliphatic rings. The molecule has 1 unspecified atom stereocenters. The van der Waals surface area contributed by atoms with Crippen molar-refractivity contribution in [1.82, 2.24) is 0 Å². The van der Waals surface area contributed by atoms with Gasteiger partial charge in [-0.25, -0.2) is 4.39 Å². The van der Waals surface area contributed by atoms with Crippen molar-refractivity contribution in [2.45, 2.75) is 25.9 Å². The molecule has 0 fully saturated rings. The fourth-order valence-corrected chi connectivity index (χ4v) is 0.450. The smallest absolute Gasteiger partial charge is 0.121 e. The minimum Gasteiger partial charge on any atom is -0.378 e. The van der Waals surface area contributed by atoms with E-state index in [1.165, 1.54) is 6.92 Å². The third kappa shape index (κ3) is 7.89. The monoisotopic (exact) mass is 133 g/mol. The first-order chi connectivity index (χ1) is 4.27.